The second kappa shape index (κ2) is 4.69. The quantitative estimate of drug-likeness (QED) is 0.304. The van der Waals surface area contributed by atoms with Gasteiger partial charge in [0, 0.05) is 7.11 Å². The van der Waals surface area contributed by atoms with E-state index in [0.717, 1.165) is 19.2 Å². The van der Waals surface area contributed by atoms with Crippen LogP contribution >= 0.6 is 0 Å². The lowest BCUT2D eigenvalue weighted by atomic mass is 9.98. The molecule has 0 fully saturated rings. The van der Waals surface area contributed by atoms with Crippen molar-refractivity contribution in [3.63, 3.8) is 0 Å². The average Bonchev–Trinajstić information content (AvgIpc) is 2.26. The maximum Gasteiger partial charge on any atom is 0.354 e. The maximum atomic E-state index is 10.8. The summed E-state index contributed by atoms with van der Waals surface area (Å²) in [6.07, 6.45) is -1.55. The number of aliphatic carboxylic acids is 1. The molecule has 1 aromatic carbocycles. The van der Waals surface area contributed by atoms with Gasteiger partial charge in [0.25, 0.3) is 0 Å². The lowest BCUT2D eigenvalue weighted by Gasteiger charge is -2.27. The number of ether oxygens (including phenoxy) is 1. The van der Waals surface area contributed by atoms with Gasteiger partial charge in [-0.1, -0.05) is 0 Å². The van der Waals surface area contributed by atoms with Crippen LogP contribution in [0.2, 0.25) is 0 Å². The summed E-state index contributed by atoms with van der Waals surface area (Å²) in [4.78, 5) is 10.8. The minimum atomic E-state index is -2.76. The summed E-state index contributed by atoms with van der Waals surface area (Å²) in [5.74, 6) is -3.92. The molecular formula is C10H13NO7. The number of carboxylic acids is 1. The number of benzene rings is 1. The molecule has 1 aromatic rings. The minimum Gasteiger partial charge on any atom is -0.504 e. The van der Waals surface area contributed by atoms with Crippen LogP contribution in [0.3, 0.4) is 0 Å². The molecule has 18 heavy (non-hydrogen) atoms. The van der Waals surface area contributed by atoms with Gasteiger partial charge in [-0.15, -0.1) is 0 Å². The van der Waals surface area contributed by atoms with Crippen LogP contribution in [0, 0.1) is 0 Å². The number of carbonyl (C=O) groups is 1. The summed E-state index contributed by atoms with van der Waals surface area (Å²) in [6, 6.07) is 1.84. The van der Waals surface area contributed by atoms with Gasteiger partial charge in [-0.25, -0.2) is 4.79 Å². The first-order chi connectivity index (χ1) is 8.21. The van der Waals surface area contributed by atoms with Gasteiger partial charge >= 0.3 is 5.97 Å². The Hall–Kier alpha value is -2.03. The van der Waals surface area contributed by atoms with Crippen LogP contribution in [-0.2, 0) is 9.53 Å². The predicted molar refractivity (Wildman–Crippen MR) is 58.0 cm³/mol. The molecule has 8 heteroatoms. The van der Waals surface area contributed by atoms with Crippen LogP contribution in [0.15, 0.2) is 12.1 Å². The van der Waals surface area contributed by atoms with Crippen LogP contribution in [-0.4, -0.2) is 44.3 Å². The first-order valence-corrected chi connectivity index (χ1v) is 4.74. The van der Waals surface area contributed by atoms with E-state index in [-0.39, 0.29) is 5.56 Å². The van der Waals surface area contributed by atoms with Crippen molar-refractivity contribution in [1.82, 2.24) is 0 Å². The molecule has 7 N–H and O–H groups in total. The molecular weight excluding hydrogens is 246 g/mol. The molecule has 0 saturated carbocycles. The van der Waals surface area contributed by atoms with E-state index in [1.807, 2.05) is 0 Å². The molecule has 100 valence electrons. The van der Waals surface area contributed by atoms with E-state index in [4.69, 9.17) is 20.7 Å². The van der Waals surface area contributed by atoms with E-state index in [1.54, 1.807) is 0 Å². The Balaban J connectivity index is 3.30. The first-order valence-electron chi connectivity index (χ1n) is 4.74. The summed E-state index contributed by atoms with van der Waals surface area (Å²) in [5, 5.41) is 46.1. The van der Waals surface area contributed by atoms with Gasteiger partial charge in [-0.05, 0) is 17.7 Å². The summed E-state index contributed by atoms with van der Waals surface area (Å²) in [5.41, 5.74) is 2.32. The van der Waals surface area contributed by atoms with Crippen LogP contribution in [0.5, 0.6) is 17.2 Å². The predicted octanol–water partition coefficient (Wildman–Crippen LogP) is -0.777. The zero-order chi connectivity index (χ0) is 14.1. The number of nitrogens with two attached hydrogens (primary N) is 1. The highest BCUT2D eigenvalue weighted by Crippen LogP contribution is 2.39. The van der Waals surface area contributed by atoms with Gasteiger partial charge in [0.05, 0.1) is 0 Å². The fourth-order valence-electron chi connectivity index (χ4n) is 1.46. The van der Waals surface area contributed by atoms with E-state index >= 15 is 0 Å². The van der Waals surface area contributed by atoms with Crippen molar-refractivity contribution in [2.45, 2.75) is 11.8 Å². The number of aliphatic hydroxyl groups is 1. The number of methoxy groups -OCH3 is 1. The molecule has 0 aliphatic carbocycles. The van der Waals surface area contributed by atoms with Crippen molar-refractivity contribution in [2.24, 2.45) is 5.73 Å². The molecule has 0 heterocycles. The van der Waals surface area contributed by atoms with Gasteiger partial charge in [-0.3, -0.25) is 5.73 Å². The largest absolute Gasteiger partial charge is 0.504 e. The van der Waals surface area contributed by atoms with Crippen molar-refractivity contribution in [2.75, 3.05) is 7.11 Å². The molecule has 0 saturated heterocycles. The molecule has 2 atom stereocenters. The zero-order valence-electron chi connectivity index (χ0n) is 9.36. The topological polar surface area (TPSA) is 153 Å². The van der Waals surface area contributed by atoms with E-state index in [9.17, 15) is 20.1 Å². The molecule has 8 nitrogen and oxygen atoms in total. The molecule has 0 amide bonds. The van der Waals surface area contributed by atoms with Gasteiger partial charge in [0.15, 0.2) is 17.2 Å². The number of phenols is 3. The van der Waals surface area contributed by atoms with Crippen LogP contribution in [0.25, 0.3) is 0 Å². The molecule has 0 bridgehead atoms. The Kier molecular flexibility index (Phi) is 3.65. The van der Waals surface area contributed by atoms with Crippen molar-refractivity contribution >= 4 is 5.97 Å². The van der Waals surface area contributed by atoms with Crippen LogP contribution < -0.4 is 5.73 Å². The molecule has 2 unspecified atom stereocenters. The SMILES string of the molecule is COC(c1cc(O)c(O)c(O)c1)C(N)(O)C(=O)O. The molecule has 0 aliphatic heterocycles. The van der Waals surface area contributed by atoms with Crippen LogP contribution in [0.1, 0.15) is 11.7 Å². The highest BCUT2D eigenvalue weighted by atomic mass is 16.5. The van der Waals surface area contributed by atoms with Gasteiger partial charge in [0.2, 0.25) is 5.72 Å². The summed E-state index contributed by atoms with van der Waals surface area (Å²) < 4.78 is 4.75. The minimum absolute atomic E-state index is 0.113. The molecule has 0 radical (unpaired) electrons. The Morgan fingerprint density at radius 1 is 1.33 bits per heavy atom. The molecule has 0 aromatic heterocycles. The normalized spacial score (nSPS) is 15.9. The van der Waals surface area contributed by atoms with Gasteiger partial charge in [-0.2, -0.15) is 0 Å². The number of hydrogen-bond donors (Lipinski definition) is 6. The standard InChI is InChI=1S/C10H13NO7/c1-18-8(10(11,17)9(15)16)4-2-5(12)7(14)6(13)3-4/h2-3,8,12-14,17H,11H2,1H3,(H,15,16). The third kappa shape index (κ3) is 2.30. The first kappa shape index (κ1) is 14.0. The van der Waals surface area contributed by atoms with Crippen molar-refractivity contribution in [3.05, 3.63) is 17.7 Å². The number of aromatic hydroxyl groups is 3. The summed E-state index contributed by atoms with van der Waals surface area (Å²) >= 11 is 0. The summed E-state index contributed by atoms with van der Waals surface area (Å²) in [7, 11) is 1.09. The summed E-state index contributed by atoms with van der Waals surface area (Å²) in [6.45, 7) is 0. The second-order valence-electron chi connectivity index (χ2n) is 3.65. The monoisotopic (exact) mass is 259 g/mol. The Morgan fingerprint density at radius 3 is 2.11 bits per heavy atom. The molecule has 0 aliphatic rings. The maximum absolute atomic E-state index is 10.8. The van der Waals surface area contributed by atoms with Crippen LogP contribution in [0.4, 0.5) is 0 Å². The fourth-order valence-corrected chi connectivity index (χ4v) is 1.46. The molecule has 1 rings (SSSR count). The molecule has 0 spiro atoms. The van der Waals surface area contributed by atoms with E-state index < -0.39 is 35.0 Å². The average molecular weight is 259 g/mol. The Bertz CT molecular complexity index is 448. The highest BCUT2D eigenvalue weighted by molar-refractivity contribution is 5.77. The van der Waals surface area contributed by atoms with E-state index in [2.05, 4.69) is 0 Å². The number of hydrogen-bond acceptors (Lipinski definition) is 7. The Labute approximate surface area is 101 Å². The fraction of sp³-hybridized carbons (Fsp3) is 0.300. The van der Waals surface area contributed by atoms with Crippen molar-refractivity contribution < 1.29 is 35.1 Å². The van der Waals surface area contributed by atoms with Gasteiger partial charge < -0.3 is 30.3 Å². The Morgan fingerprint density at radius 2 is 1.78 bits per heavy atom. The lowest BCUT2D eigenvalue weighted by molar-refractivity contribution is -0.174. The van der Waals surface area contributed by atoms with Crippen molar-refractivity contribution in [3.8, 4) is 17.2 Å². The van der Waals surface area contributed by atoms with Crippen molar-refractivity contribution in [1.29, 1.82) is 0 Å². The van der Waals surface area contributed by atoms with E-state index in [1.165, 1.54) is 0 Å². The second-order valence-corrected chi connectivity index (χ2v) is 3.65. The van der Waals surface area contributed by atoms with Gasteiger partial charge in [0.1, 0.15) is 6.10 Å². The number of rotatable bonds is 4. The lowest BCUT2D eigenvalue weighted by Crippen LogP contribution is -2.53. The number of phenolic OH excluding ortho intramolecular Hbond substituents is 3. The zero-order valence-corrected chi connectivity index (χ0v) is 9.36. The number of carboxylic acid groups (broad SMARTS) is 1. The van der Waals surface area contributed by atoms with E-state index in [0.29, 0.717) is 0 Å². The smallest absolute Gasteiger partial charge is 0.354 e. The third-order valence-corrected chi connectivity index (χ3v) is 2.37. The third-order valence-electron chi connectivity index (χ3n) is 2.37. The highest BCUT2D eigenvalue weighted by Gasteiger charge is 2.42.